The van der Waals surface area contributed by atoms with Crippen molar-refractivity contribution < 1.29 is 23.3 Å². The lowest BCUT2D eigenvalue weighted by molar-refractivity contribution is -0.0553. The third-order valence-electron chi connectivity index (χ3n) is 6.38. The Morgan fingerprint density at radius 2 is 1.95 bits per heavy atom. The van der Waals surface area contributed by atoms with Gasteiger partial charge < -0.3 is 23.9 Å². The Morgan fingerprint density at radius 1 is 1.14 bits per heavy atom. The maximum Gasteiger partial charge on any atom is 0.287 e. The van der Waals surface area contributed by atoms with Crippen LogP contribution >= 0.6 is 20.8 Å². The van der Waals surface area contributed by atoms with E-state index in [2.05, 4.69) is 9.97 Å². The molecule has 2 saturated heterocycles. The van der Waals surface area contributed by atoms with Gasteiger partial charge in [0.1, 0.15) is 24.1 Å². The summed E-state index contributed by atoms with van der Waals surface area (Å²) < 4.78 is 33.7. The fourth-order valence-corrected chi connectivity index (χ4v) is 6.21. The van der Waals surface area contributed by atoms with Gasteiger partial charge in [0.05, 0.1) is 12.3 Å². The molecule has 0 spiro atoms. The molecular formula is C24H19FN5O5PS. The number of ether oxygens (including phenoxy) is 1. The number of fused-ring (bicyclic) bond motifs is 3. The van der Waals surface area contributed by atoms with Crippen molar-refractivity contribution in [3.63, 3.8) is 0 Å². The highest BCUT2D eigenvalue weighted by Gasteiger charge is 2.49. The number of aromatic amines is 1. The standard InChI is InChI=1S/C24H19FN5O5PS/c25-13-6-8-14(9-7-13)37-24-27-17-20(30(24)22-18(31)19-16(34-22)11-33-36-35-19)28-23-26-15(10-29(23)21(17)32)12-4-2-1-3-5-12/h1-10,16,18-19,22,31,36H,11H2,(H,26,28). The molecule has 2 fully saturated rings. The zero-order valence-electron chi connectivity index (χ0n) is 18.9. The predicted octanol–water partition coefficient (Wildman–Crippen LogP) is 3.51. The van der Waals surface area contributed by atoms with Crippen molar-refractivity contribution in [1.29, 1.82) is 0 Å². The number of hydrogen-bond donors (Lipinski definition) is 2. The summed E-state index contributed by atoms with van der Waals surface area (Å²) in [6, 6.07) is 15.5. The molecule has 5 atom stereocenters. The molecule has 2 aromatic carbocycles. The van der Waals surface area contributed by atoms with Crippen LogP contribution in [0.3, 0.4) is 0 Å². The number of benzene rings is 2. The zero-order chi connectivity index (χ0) is 25.1. The summed E-state index contributed by atoms with van der Waals surface area (Å²) in [4.78, 5) is 26.8. The Hall–Kier alpha value is -3.12. The van der Waals surface area contributed by atoms with Crippen LogP contribution in [0, 0.1) is 5.82 Å². The van der Waals surface area contributed by atoms with Gasteiger partial charge in [-0.15, -0.1) is 0 Å². The smallest absolute Gasteiger partial charge is 0.287 e. The summed E-state index contributed by atoms with van der Waals surface area (Å²) in [6.07, 6.45) is -1.35. The Morgan fingerprint density at radius 3 is 2.73 bits per heavy atom. The van der Waals surface area contributed by atoms with Crippen LogP contribution in [0.15, 0.2) is 75.6 Å². The Kier molecular flexibility index (Phi) is 5.61. The average Bonchev–Trinajstić information content (AvgIpc) is 3.60. The summed E-state index contributed by atoms with van der Waals surface area (Å²) in [6.45, 7) is 0.279. The molecule has 37 heavy (non-hydrogen) atoms. The van der Waals surface area contributed by atoms with Crippen LogP contribution in [0.4, 0.5) is 4.39 Å². The first kappa shape index (κ1) is 23.0. The van der Waals surface area contributed by atoms with Gasteiger partial charge >= 0.3 is 0 Å². The van der Waals surface area contributed by atoms with Crippen LogP contribution in [0.2, 0.25) is 0 Å². The molecule has 7 rings (SSSR count). The number of hydrogen-bond acceptors (Lipinski definition) is 8. The normalized spacial score (nSPS) is 24.3. The molecule has 5 heterocycles. The van der Waals surface area contributed by atoms with Gasteiger partial charge in [-0.05, 0) is 29.8 Å². The van der Waals surface area contributed by atoms with Gasteiger partial charge in [0.25, 0.3) is 5.56 Å². The lowest BCUT2D eigenvalue weighted by atomic mass is 10.1. The molecule has 0 bridgehead atoms. The first-order valence-corrected chi connectivity index (χ1v) is 13.1. The van der Waals surface area contributed by atoms with Gasteiger partial charge in [-0.2, -0.15) is 4.98 Å². The molecule has 10 nitrogen and oxygen atoms in total. The number of aliphatic hydroxyl groups excluding tert-OH is 1. The number of nitrogens with zero attached hydrogens (tertiary/aromatic N) is 4. The largest absolute Gasteiger partial charge is 0.386 e. The molecule has 0 amide bonds. The summed E-state index contributed by atoms with van der Waals surface area (Å²) in [7, 11) is -0.195. The van der Waals surface area contributed by atoms with Crippen molar-refractivity contribution in [2.75, 3.05) is 6.61 Å². The molecular weight excluding hydrogens is 520 g/mol. The number of H-pyrrole nitrogens is 1. The minimum Gasteiger partial charge on any atom is -0.386 e. The highest BCUT2D eigenvalue weighted by atomic mass is 32.2. The van der Waals surface area contributed by atoms with Gasteiger partial charge in [-0.3, -0.25) is 9.36 Å². The number of rotatable bonds is 4. The lowest BCUT2D eigenvalue weighted by Crippen LogP contribution is -2.37. The van der Waals surface area contributed by atoms with E-state index < -0.39 is 24.5 Å². The lowest BCUT2D eigenvalue weighted by Gasteiger charge is -2.24. The van der Waals surface area contributed by atoms with E-state index in [9.17, 15) is 14.3 Å². The van der Waals surface area contributed by atoms with Crippen molar-refractivity contribution in [3.05, 3.63) is 77.0 Å². The zero-order valence-corrected chi connectivity index (χ0v) is 20.8. The number of aromatic nitrogens is 5. The topological polar surface area (TPSA) is 116 Å². The minimum atomic E-state index is -1.05. The van der Waals surface area contributed by atoms with Crippen LogP contribution in [-0.2, 0) is 13.8 Å². The van der Waals surface area contributed by atoms with E-state index in [0.717, 1.165) is 11.3 Å². The van der Waals surface area contributed by atoms with Crippen LogP contribution < -0.4 is 5.56 Å². The van der Waals surface area contributed by atoms with Crippen molar-refractivity contribution in [2.45, 2.75) is 34.6 Å². The molecule has 3 aromatic heterocycles. The fourth-order valence-electron chi connectivity index (χ4n) is 4.60. The van der Waals surface area contributed by atoms with Crippen molar-refractivity contribution in [1.82, 2.24) is 23.9 Å². The second-order valence-electron chi connectivity index (χ2n) is 8.67. The van der Waals surface area contributed by atoms with Gasteiger partial charge in [0, 0.05) is 11.1 Å². The summed E-state index contributed by atoms with van der Waals surface area (Å²) in [5.74, 6) is -0.0420. The van der Waals surface area contributed by atoms with Crippen LogP contribution in [-0.4, -0.2) is 53.9 Å². The van der Waals surface area contributed by atoms with Crippen LogP contribution in [0.25, 0.3) is 28.2 Å². The fraction of sp³-hybridized carbons (Fsp3) is 0.208. The van der Waals surface area contributed by atoms with E-state index in [1.807, 2.05) is 30.3 Å². The second-order valence-corrected chi connectivity index (χ2v) is 10.4. The van der Waals surface area contributed by atoms with Crippen molar-refractivity contribution in [3.8, 4) is 11.3 Å². The summed E-state index contributed by atoms with van der Waals surface area (Å²) >= 11 is 1.21. The van der Waals surface area contributed by atoms with Crippen molar-refractivity contribution in [2.24, 2.45) is 0 Å². The third-order valence-corrected chi connectivity index (χ3v) is 8.01. The first-order chi connectivity index (χ1) is 18.1. The number of nitrogens with one attached hydrogen (secondary N) is 1. The van der Waals surface area contributed by atoms with E-state index in [0.29, 0.717) is 15.8 Å². The third kappa shape index (κ3) is 3.88. The van der Waals surface area contributed by atoms with E-state index >= 15 is 0 Å². The molecule has 2 N–H and O–H groups in total. The molecule has 0 saturated carbocycles. The highest BCUT2D eigenvalue weighted by Crippen LogP contribution is 2.42. The minimum absolute atomic E-state index is 0.116. The molecule has 0 aliphatic carbocycles. The Bertz CT molecular complexity index is 1670. The number of halogens is 1. The molecule has 188 valence electrons. The quantitative estimate of drug-likeness (QED) is 0.334. The molecule has 2 aliphatic rings. The average molecular weight is 539 g/mol. The van der Waals surface area contributed by atoms with E-state index in [-0.39, 0.29) is 38.2 Å². The van der Waals surface area contributed by atoms with E-state index in [1.54, 1.807) is 22.9 Å². The summed E-state index contributed by atoms with van der Waals surface area (Å²) in [5, 5.41) is 11.5. The van der Waals surface area contributed by atoms with Gasteiger partial charge in [0.2, 0.25) is 5.78 Å². The summed E-state index contributed by atoms with van der Waals surface area (Å²) in [5.41, 5.74) is 1.62. The van der Waals surface area contributed by atoms with Crippen molar-refractivity contribution >= 4 is 37.7 Å². The Balaban J connectivity index is 1.41. The molecule has 13 heteroatoms. The number of aliphatic hydroxyl groups is 1. The van der Waals surface area contributed by atoms with Gasteiger partial charge in [-0.25, -0.2) is 13.8 Å². The Labute approximate surface area is 214 Å². The van der Waals surface area contributed by atoms with E-state index in [1.165, 1.54) is 28.3 Å². The van der Waals surface area contributed by atoms with E-state index in [4.69, 9.17) is 18.8 Å². The van der Waals surface area contributed by atoms with Gasteiger partial charge in [-0.1, -0.05) is 42.1 Å². The maximum atomic E-state index is 13.6. The van der Waals surface area contributed by atoms with Gasteiger partial charge in [0.15, 0.2) is 31.6 Å². The molecule has 0 radical (unpaired) electrons. The molecule has 5 unspecified atom stereocenters. The predicted molar refractivity (Wildman–Crippen MR) is 134 cm³/mol. The molecule has 2 aliphatic heterocycles. The monoisotopic (exact) mass is 539 g/mol. The molecule has 5 aromatic rings. The first-order valence-electron chi connectivity index (χ1n) is 11.4. The SMILES string of the molecule is O=c1c2nc(Sc3ccc(F)cc3)n(C3OC4COPOC4C3O)c2nc2[nH]c(-c3ccccc3)cn12. The maximum absolute atomic E-state index is 13.6. The van der Waals surface area contributed by atoms with Crippen LogP contribution in [0.1, 0.15) is 6.23 Å². The number of imidazole rings is 2. The second kappa shape index (κ2) is 9.02. The van der Waals surface area contributed by atoms with Crippen LogP contribution in [0.5, 0.6) is 0 Å². The highest BCUT2D eigenvalue weighted by molar-refractivity contribution is 7.99.